The van der Waals surface area contributed by atoms with E-state index < -0.39 is 17.8 Å². The summed E-state index contributed by atoms with van der Waals surface area (Å²) in [5.41, 5.74) is 2.09. The summed E-state index contributed by atoms with van der Waals surface area (Å²) in [5, 5.41) is 2.70. The number of carbonyl (C=O) groups excluding carboxylic acids is 3. The van der Waals surface area contributed by atoms with E-state index >= 15 is 0 Å². The molecule has 0 spiro atoms. The smallest absolute Gasteiger partial charge is 0.335 e. The highest BCUT2D eigenvalue weighted by molar-refractivity contribution is 6.39. The van der Waals surface area contributed by atoms with Gasteiger partial charge in [0, 0.05) is 23.8 Å². The van der Waals surface area contributed by atoms with Crippen molar-refractivity contribution in [3.8, 4) is 0 Å². The number of anilines is 2. The Morgan fingerprint density at radius 1 is 0.857 bits per heavy atom. The predicted octanol–water partition coefficient (Wildman–Crippen LogP) is 3.61. The van der Waals surface area contributed by atoms with Gasteiger partial charge in [-0.1, -0.05) is 23.7 Å². The van der Waals surface area contributed by atoms with Gasteiger partial charge in [0.1, 0.15) is 5.57 Å². The fourth-order valence-electron chi connectivity index (χ4n) is 3.41. The molecule has 0 unspecified atom stereocenters. The number of benzene rings is 2. The minimum Gasteiger partial charge on any atom is -0.372 e. The van der Waals surface area contributed by atoms with E-state index in [0.29, 0.717) is 16.3 Å². The first-order chi connectivity index (χ1) is 13.5. The molecule has 7 heteroatoms. The Morgan fingerprint density at radius 3 is 2.11 bits per heavy atom. The highest BCUT2D eigenvalue weighted by Gasteiger charge is 2.36. The van der Waals surface area contributed by atoms with Crippen molar-refractivity contribution >= 4 is 46.9 Å². The molecule has 2 aliphatic rings. The van der Waals surface area contributed by atoms with Gasteiger partial charge >= 0.3 is 6.03 Å². The summed E-state index contributed by atoms with van der Waals surface area (Å²) < 4.78 is 0. The number of hydrogen-bond acceptors (Lipinski definition) is 4. The molecule has 2 saturated heterocycles. The Labute approximate surface area is 167 Å². The highest BCUT2D eigenvalue weighted by Crippen LogP contribution is 2.25. The van der Waals surface area contributed by atoms with Crippen molar-refractivity contribution in [1.82, 2.24) is 5.32 Å². The second-order valence-electron chi connectivity index (χ2n) is 6.72. The first kappa shape index (κ1) is 18.3. The Morgan fingerprint density at radius 2 is 1.46 bits per heavy atom. The Bertz CT molecular complexity index is 961. The fraction of sp³-hybridized carbons (Fsp3) is 0.190. The third-order valence-corrected chi connectivity index (χ3v) is 5.11. The lowest BCUT2D eigenvalue weighted by Gasteiger charge is -2.26. The normalized spacial score (nSPS) is 18.8. The lowest BCUT2D eigenvalue weighted by atomic mass is 10.1. The van der Waals surface area contributed by atoms with Gasteiger partial charge in [-0.2, -0.15) is 0 Å². The van der Waals surface area contributed by atoms with Gasteiger partial charge in [-0.3, -0.25) is 14.9 Å². The van der Waals surface area contributed by atoms with Crippen LogP contribution in [0.5, 0.6) is 0 Å². The van der Waals surface area contributed by atoms with Crippen LogP contribution in [0.3, 0.4) is 0 Å². The number of nitrogens with zero attached hydrogens (tertiary/aromatic N) is 2. The number of rotatable bonds is 3. The molecule has 6 nitrogen and oxygen atoms in total. The van der Waals surface area contributed by atoms with Gasteiger partial charge in [-0.15, -0.1) is 0 Å². The van der Waals surface area contributed by atoms with Gasteiger partial charge in [0.15, 0.2) is 0 Å². The van der Waals surface area contributed by atoms with Crippen LogP contribution in [0, 0.1) is 0 Å². The summed E-state index contributed by atoms with van der Waals surface area (Å²) in [7, 11) is 0. The minimum absolute atomic E-state index is 0.0940. The van der Waals surface area contributed by atoms with Crippen molar-refractivity contribution in [3.05, 3.63) is 64.7 Å². The quantitative estimate of drug-likeness (QED) is 0.636. The molecule has 2 aromatic carbocycles. The zero-order valence-corrected chi connectivity index (χ0v) is 15.8. The largest absolute Gasteiger partial charge is 0.372 e. The number of halogens is 1. The number of imide groups is 2. The van der Waals surface area contributed by atoms with Crippen LogP contribution in [0.4, 0.5) is 16.2 Å². The van der Waals surface area contributed by atoms with E-state index in [1.165, 1.54) is 18.9 Å². The van der Waals surface area contributed by atoms with E-state index in [-0.39, 0.29) is 5.57 Å². The standard InChI is InChI=1S/C21H18ClN3O3/c22-15-5-9-17(10-6-15)25-20(27)18(19(26)23-21(25)28)13-14-3-7-16(8-4-14)24-11-1-2-12-24/h3-10,13H,1-2,11-12H2,(H,23,26,28)/b18-13+. The molecule has 142 valence electrons. The first-order valence-electron chi connectivity index (χ1n) is 9.05. The van der Waals surface area contributed by atoms with E-state index in [2.05, 4.69) is 10.2 Å². The van der Waals surface area contributed by atoms with E-state index in [1.807, 2.05) is 24.3 Å². The molecule has 4 amide bonds. The molecule has 2 aliphatic heterocycles. The number of urea groups is 1. The molecule has 2 heterocycles. The van der Waals surface area contributed by atoms with Crippen molar-refractivity contribution in [1.29, 1.82) is 0 Å². The van der Waals surface area contributed by atoms with Gasteiger partial charge in [-0.05, 0) is 60.9 Å². The van der Waals surface area contributed by atoms with Crippen molar-refractivity contribution < 1.29 is 14.4 Å². The van der Waals surface area contributed by atoms with Crippen LogP contribution in [-0.4, -0.2) is 30.9 Å². The number of barbiturate groups is 1. The zero-order chi connectivity index (χ0) is 19.7. The van der Waals surface area contributed by atoms with Gasteiger partial charge in [0.25, 0.3) is 11.8 Å². The molecule has 2 aromatic rings. The Hall–Kier alpha value is -3.12. The van der Waals surface area contributed by atoms with Crippen LogP contribution in [0.2, 0.25) is 5.02 Å². The maximum absolute atomic E-state index is 12.8. The average molecular weight is 396 g/mol. The lowest BCUT2D eigenvalue weighted by molar-refractivity contribution is -0.122. The maximum Gasteiger partial charge on any atom is 0.335 e. The van der Waals surface area contributed by atoms with E-state index in [4.69, 9.17) is 11.6 Å². The summed E-state index contributed by atoms with van der Waals surface area (Å²) >= 11 is 5.87. The molecule has 0 bridgehead atoms. The van der Waals surface area contributed by atoms with Crippen molar-refractivity contribution in [2.45, 2.75) is 12.8 Å². The number of carbonyl (C=O) groups is 3. The highest BCUT2D eigenvalue weighted by atomic mass is 35.5. The van der Waals surface area contributed by atoms with E-state index in [1.54, 1.807) is 24.3 Å². The molecule has 0 aliphatic carbocycles. The summed E-state index contributed by atoms with van der Waals surface area (Å²) in [6.45, 7) is 2.08. The third-order valence-electron chi connectivity index (χ3n) is 4.86. The second kappa shape index (κ2) is 7.48. The van der Waals surface area contributed by atoms with E-state index in [9.17, 15) is 14.4 Å². The lowest BCUT2D eigenvalue weighted by Crippen LogP contribution is -2.54. The molecular formula is C21H18ClN3O3. The molecule has 4 rings (SSSR count). The van der Waals surface area contributed by atoms with Crippen LogP contribution >= 0.6 is 11.6 Å². The molecule has 0 radical (unpaired) electrons. The SMILES string of the molecule is O=C1NC(=O)N(c2ccc(Cl)cc2)C(=O)/C1=C/c1ccc(N2CCCC2)cc1. The summed E-state index contributed by atoms with van der Waals surface area (Å²) in [5.74, 6) is -1.37. The Balaban J connectivity index is 1.62. The molecule has 0 atom stereocenters. The van der Waals surface area contributed by atoms with Gasteiger partial charge in [-0.25, -0.2) is 9.69 Å². The number of nitrogens with one attached hydrogen (secondary N) is 1. The molecule has 2 fully saturated rings. The van der Waals surface area contributed by atoms with Crippen molar-refractivity contribution in [3.63, 3.8) is 0 Å². The van der Waals surface area contributed by atoms with Gasteiger partial charge in [0.2, 0.25) is 0 Å². The first-order valence-corrected chi connectivity index (χ1v) is 9.43. The number of amides is 4. The molecule has 0 saturated carbocycles. The predicted molar refractivity (Wildman–Crippen MR) is 108 cm³/mol. The van der Waals surface area contributed by atoms with Crippen LogP contribution in [0.15, 0.2) is 54.1 Å². The van der Waals surface area contributed by atoms with Crippen LogP contribution in [0.25, 0.3) is 6.08 Å². The summed E-state index contributed by atoms with van der Waals surface area (Å²) in [6.07, 6.45) is 3.88. The number of hydrogen-bond donors (Lipinski definition) is 1. The Kier molecular flexibility index (Phi) is 4.88. The van der Waals surface area contributed by atoms with Crippen LogP contribution < -0.4 is 15.1 Å². The van der Waals surface area contributed by atoms with Crippen molar-refractivity contribution in [2.75, 3.05) is 22.9 Å². The van der Waals surface area contributed by atoms with Crippen LogP contribution in [0.1, 0.15) is 18.4 Å². The minimum atomic E-state index is -0.779. The van der Waals surface area contributed by atoms with E-state index in [0.717, 1.165) is 23.7 Å². The summed E-state index contributed by atoms with van der Waals surface area (Å²) in [6, 6.07) is 13.2. The molecule has 28 heavy (non-hydrogen) atoms. The summed E-state index contributed by atoms with van der Waals surface area (Å²) in [4.78, 5) is 40.5. The average Bonchev–Trinajstić information content (AvgIpc) is 3.22. The monoisotopic (exact) mass is 395 g/mol. The zero-order valence-electron chi connectivity index (χ0n) is 15.0. The van der Waals surface area contributed by atoms with Crippen LogP contribution in [-0.2, 0) is 9.59 Å². The van der Waals surface area contributed by atoms with Crippen molar-refractivity contribution in [2.24, 2.45) is 0 Å². The molecule has 1 N–H and O–H groups in total. The molecule has 0 aromatic heterocycles. The van der Waals surface area contributed by atoms with Gasteiger partial charge < -0.3 is 4.90 Å². The van der Waals surface area contributed by atoms with Gasteiger partial charge in [0.05, 0.1) is 5.69 Å². The third kappa shape index (κ3) is 3.51. The topological polar surface area (TPSA) is 69.7 Å². The fourth-order valence-corrected chi connectivity index (χ4v) is 3.53. The molecular weight excluding hydrogens is 378 g/mol. The maximum atomic E-state index is 12.8. The second-order valence-corrected chi connectivity index (χ2v) is 7.16.